The second kappa shape index (κ2) is 10.8. The van der Waals surface area contributed by atoms with Gasteiger partial charge in [0.1, 0.15) is 0 Å². The minimum Gasteiger partial charge on any atom is -0.465 e. The minimum atomic E-state index is -0.416. The van der Waals surface area contributed by atoms with Crippen LogP contribution in [-0.4, -0.2) is 25.7 Å². The van der Waals surface area contributed by atoms with Crippen LogP contribution in [0, 0.1) is 0 Å². The largest absolute Gasteiger partial charge is 0.465 e. The van der Waals surface area contributed by atoms with Gasteiger partial charge in [-0.25, -0.2) is 9.59 Å². The molecule has 0 aliphatic heterocycles. The lowest BCUT2D eigenvalue weighted by Gasteiger charge is -2.10. The molecule has 3 rings (SSSR count). The molecule has 0 aliphatic rings. The molecule has 0 aliphatic carbocycles. The lowest BCUT2D eigenvalue weighted by molar-refractivity contribution is 0.0600. The summed E-state index contributed by atoms with van der Waals surface area (Å²) in [7, 11) is 1.33. The Balaban J connectivity index is 1.47. The number of amides is 2. The zero-order valence-corrected chi connectivity index (χ0v) is 16.9. The third kappa shape index (κ3) is 6.46. The highest BCUT2D eigenvalue weighted by molar-refractivity contribution is 6.00. The van der Waals surface area contributed by atoms with Gasteiger partial charge in [0.25, 0.3) is 0 Å². The Kier molecular flexibility index (Phi) is 7.58. The number of rotatable bonds is 8. The van der Waals surface area contributed by atoms with Gasteiger partial charge in [-0.1, -0.05) is 42.5 Å². The van der Waals surface area contributed by atoms with E-state index in [4.69, 9.17) is 0 Å². The van der Waals surface area contributed by atoms with Crippen LogP contribution in [0.3, 0.4) is 0 Å². The molecule has 3 aromatic carbocycles. The number of hydrogen-bond donors (Lipinski definition) is 3. The van der Waals surface area contributed by atoms with Crippen LogP contribution in [-0.2, 0) is 17.7 Å². The van der Waals surface area contributed by atoms with Gasteiger partial charge in [0.15, 0.2) is 0 Å². The van der Waals surface area contributed by atoms with Crippen LogP contribution in [0.2, 0.25) is 0 Å². The lowest BCUT2D eigenvalue weighted by atomic mass is 10.1. The van der Waals surface area contributed by atoms with Gasteiger partial charge < -0.3 is 20.7 Å². The molecule has 0 aromatic heterocycles. The van der Waals surface area contributed by atoms with E-state index in [9.17, 15) is 9.59 Å². The number of nitrogens with one attached hydrogen (secondary N) is 3. The number of esters is 1. The molecule has 0 heterocycles. The summed E-state index contributed by atoms with van der Waals surface area (Å²) in [6.45, 7) is 1.67. The van der Waals surface area contributed by atoms with Gasteiger partial charge in [-0.2, -0.15) is 0 Å². The molecule has 3 N–H and O–H groups in total. The summed E-state index contributed by atoms with van der Waals surface area (Å²) in [4.78, 5) is 23.7. The topological polar surface area (TPSA) is 79.5 Å². The summed E-state index contributed by atoms with van der Waals surface area (Å²) >= 11 is 0. The first-order valence-electron chi connectivity index (χ1n) is 9.74. The van der Waals surface area contributed by atoms with Crippen molar-refractivity contribution in [3.05, 3.63) is 95.6 Å². The zero-order valence-electron chi connectivity index (χ0n) is 16.9. The molecular formula is C24H25N3O3. The first-order chi connectivity index (χ1) is 14.6. The molecular weight excluding hydrogens is 378 g/mol. The highest BCUT2D eigenvalue weighted by Crippen LogP contribution is 2.14. The molecule has 6 heteroatoms. The summed E-state index contributed by atoms with van der Waals surface area (Å²) in [5, 5.41) is 9.01. The van der Waals surface area contributed by atoms with Crippen LogP contribution in [0.5, 0.6) is 0 Å². The SMILES string of the molecule is COC(=O)c1ccc(NC(=O)Nc2cccc(CCNCc3ccccc3)c2)cc1. The van der Waals surface area contributed by atoms with Crippen molar-refractivity contribution < 1.29 is 14.3 Å². The summed E-state index contributed by atoms with van der Waals surface area (Å²) in [5.74, 6) is -0.416. The number of anilines is 2. The van der Waals surface area contributed by atoms with Gasteiger partial charge in [-0.15, -0.1) is 0 Å². The zero-order chi connectivity index (χ0) is 21.2. The van der Waals surface area contributed by atoms with Crippen LogP contribution < -0.4 is 16.0 Å². The molecule has 0 saturated heterocycles. The van der Waals surface area contributed by atoms with Gasteiger partial charge in [-0.3, -0.25) is 0 Å². The molecule has 0 atom stereocenters. The second-order valence-corrected chi connectivity index (χ2v) is 6.76. The Morgan fingerprint density at radius 3 is 2.23 bits per heavy atom. The van der Waals surface area contributed by atoms with E-state index in [0.717, 1.165) is 30.8 Å². The van der Waals surface area contributed by atoms with Gasteiger partial charge in [0, 0.05) is 17.9 Å². The molecule has 0 fully saturated rings. The van der Waals surface area contributed by atoms with Crippen molar-refractivity contribution in [1.29, 1.82) is 0 Å². The van der Waals surface area contributed by atoms with E-state index in [1.54, 1.807) is 24.3 Å². The van der Waals surface area contributed by atoms with Crippen LogP contribution in [0.15, 0.2) is 78.9 Å². The minimum absolute atomic E-state index is 0.347. The van der Waals surface area contributed by atoms with Crippen molar-refractivity contribution in [2.24, 2.45) is 0 Å². The summed E-state index contributed by atoms with van der Waals surface area (Å²) in [5.41, 5.74) is 4.12. The van der Waals surface area contributed by atoms with Crippen molar-refractivity contribution in [1.82, 2.24) is 5.32 Å². The molecule has 0 radical (unpaired) electrons. The second-order valence-electron chi connectivity index (χ2n) is 6.76. The fraction of sp³-hybridized carbons (Fsp3) is 0.167. The van der Waals surface area contributed by atoms with Crippen LogP contribution in [0.25, 0.3) is 0 Å². The highest BCUT2D eigenvalue weighted by Gasteiger charge is 2.07. The van der Waals surface area contributed by atoms with Crippen LogP contribution >= 0.6 is 0 Å². The van der Waals surface area contributed by atoms with Crippen LogP contribution in [0.4, 0.5) is 16.2 Å². The quantitative estimate of drug-likeness (QED) is 0.383. The van der Waals surface area contributed by atoms with Crippen molar-refractivity contribution >= 4 is 23.4 Å². The fourth-order valence-electron chi connectivity index (χ4n) is 2.97. The number of carbonyl (C=O) groups excluding carboxylic acids is 2. The maximum absolute atomic E-state index is 12.3. The number of methoxy groups -OCH3 is 1. The molecule has 0 unspecified atom stereocenters. The van der Waals surface area contributed by atoms with Crippen molar-refractivity contribution in [2.45, 2.75) is 13.0 Å². The number of benzene rings is 3. The summed E-state index contributed by atoms with van der Waals surface area (Å²) < 4.78 is 4.66. The van der Waals surface area contributed by atoms with E-state index < -0.39 is 5.97 Å². The average Bonchev–Trinajstić information content (AvgIpc) is 2.77. The van der Waals surface area contributed by atoms with Gasteiger partial charge in [0.2, 0.25) is 0 Å². The van der Waals surface area contributed by atoms with Gasteiger partial charge >= 0.3 is 12.0 Å². The van der Waals surface area contributed by atoms with Gasteiger partial charge in [-0.05, 0) is 60.5 Å². The maximum atomic E-state index is 12.3. The summed E-state index contributed by atoms with van der Waals surface area (Å²) in [6, 6.07) is 24.2. The third-order valence-electron chi connectivity index (χ3n) is 4.51. The normalized spacial score (nSPS) is 10.3. The van der Waals surface area contributed by atoms with Crippen molar-refractivity contribution in [2.75, 3.05) is 24.3 Å². The first-order valence-corrected chi connectivity index (χ1v) is 9.74. The van der Waals surface area contributed by atoms with Crippen LogP contribution in [0.1, 0.15) is 21.5 Å². The number of carbonyl (C=O) groups is 2. The molecule has 0 bridgehead atoms. The van der Waals surface area contributed by atoms with E-state index in [0.29, 0.717) is 11.3 Å². The molecule has 0 spiro atoms. The average molecular weight is 403 g/mol. The van der Waals surface area contributed by atoms with E-state index in [1.165, 1.54) is 12.7 Å². The smallest absolute Gasteiger partial charge is 0.337 e. The highest BCUT2D eigenvalue weighted by atomic mass is 16.5. The predicted molar refractivity (Wildman–Crippen MR) is 119 cm³/mol. The third-order valence-corrected chi connectivity index (χ3v) is 4.51. The number of ether oxygens (including phenoxy) is 1. The first kappa shape index (κ1) is 21.1. The molecule has 2 amide bonds. The number of urea groups is 1. The van der Waals surface area contributed by atoms with Crippen molar-refractivity contribution in [3.8, 4) is 0 Å². The molecule has 154 valence electrons. The fourth-order valence-corrected chi connectivity index (χ4v) is 2.97. The molecule has 6 nitrogen and oxygen atoms in total. The Hall–Kier alpha value is -3.64. The van der Waals surface area contributed by atoms with Gasteiger partial charge in [0.05, 0.1) is 12.7 Å². The monoisotopic (exact) mass is 403 g/mol. The Morgan fingerprint density at radius 2 is 1.50 bits per heavy atom. The van der Waals surface area contributed by atoms with E-state index in [-0.39, 0.29) is 6.03 Å². The van der Waals surface area contributed by atoms with Crippen molar-refractivity contribution in [3.63, 3.8) is 0 Å². The van der Waals surface area contributed by atoms with E-state index in [2.05, 4.69) is 32.8 Å². The standard InChI is InChI=1S/C24H25N3O3/c1-30-23(28)20-10-12-21(13-11-20)26-24(29)27-22-9-5-8-18(16-22)14-15-25-17-19-6-3-2-4-7-19/h2-13,16,25H,14-15,17H2,1H3,(H2,26,27,29). The Labute approximate surface area is 176 Å². The molecule has 0 saturated carbocycles. The summed E-state index contributed by atoms with van der Waals surface area (Å²) in [6.07, 6.45) is 0.860. The lowest BCUT2D eigenvalue weighted by Crippen LogP contribution is -2.20. The number of hydrogen-bond acceptors (Lipinski definition) is 4. The van der Waals surface area contributed by atoms with E-state index >= 15 is 0 Å². The Morgan fingerprint density at radius 1 is 0.800 bits per heavy atom. The molecule has 30 heavy (non-hydrogen) atoms. The maximum Gasteiger partial charge on any atom is 0.337 e. The Bertz CT molecular complexity index is 973. The molecule has 3 aromatic rings. The predicted octanol–water partition coefficient (Wildman–Crippen LogP) is 4.45. The van der Waals surface area contributed by atoms with E-state index in [1.807, 2.05) is 42.5 Å².